The highest BCUT2D eigenvalue weighted by atomic mass is 33.1. The summed E-state index contributed by atoms with van der Waals surface area (Å²) in [7, 11) is 2.60. The summed E-state index contributed by atoms with van der Waals surface area (Å²) in [6.45, 7) is 1.55. The van der Waals surface area contributed by atoms with E-state index in [1.54, 1.807) is 31.3 Å². The second-order valence-corrected chi connectivity index (χ2v) is 33.8. The first kappa shape index (κ1) is 110. The molecule has 1 rings (SSSR count). The van der Waals surface area contributed by atoms with E-state index in [-0.39, 0.29) is 211 Å². The number of amides is 8. The number of hydrogen-bond acceptors (Lipinski definition) is 25. The molecule has 0 radical (unpaired) electrons. The number of rotatable bonds is 76. The van der Waals surface area contributed by atoms with Gasteiger partial charge in [-0.05, 0) is 182 Å². The summed E-state index contributed by atoms with van der Waals surface area (Å²) >= 11 is 0. The van der Waals surface area contributed by atoms with Crippen molar-refractivity contribution in [2.45, 2.75) is 316 Å². The maximum atomic E-state index is 14.8. The molecule has 0 fully saturated rings. The number of unbranched alkanes of at least 4 members (excludes halogenated alkanes) is 6. The number of aromatic nitrogens is 1. The third-order valence-corrected chi connectivity index (χ3v) is 23.4. The van der Waals surface area contributed by atoms with Crippen LogP contribution in [-0.2, 0) is 86.3 Å². The molecular weight excluding hydrogens is 1640 g/mol. The quantitative estimate of drug-likeness (QED) is 0.0320. The van der Waals surface area contributed by atoms with Crippen molar-refractivity contribution in [3.8, 4) is 0 Å². The Kier molecular flexibility index (Phi) is 55.7. The van der Waals surface area contributed by atoms with Gasteiger partial charge in [0.15, 0.2) is 0 Å². The second kappa shape index (κ2) is 61.6. The summed E-state index contributed by atoms with van der Waals surface area (Å²) in [5, 5.41) is 108. The molecule has 0 aliphatic carbocycles. The van der Waals surface area contributed by atoms with Crippen LogP contribution >= 0.6 is 21.6 Å². The van der Waals surface area contributed by atoms with Crippen molar-refractivity contribution >= 4 is 128 Å². The molecule has 1 aromatic rings. The summed E-state index contributed by atoms with van der Waals surface area (Å²) in [6.07, 6.45) is -2.11. The summed E-state index contributed by atoms with van der Waals surface area (Å²) in [5.41, 5.74) is 18.0. The Morgan fingerprint density at radius 2 is 0.697 bits per heavy atom. The van der Waals surface area contributed by atoms with Crippen molar-refractivity contribution in [2.24, 2.45) is 34.3 Å². The zero-order valence-electron chi connectivity index (χ0n) is 69.9. The highest BCUT2D eigenvalue weighted by Gasteiger charge is 2.40. The fraction of sp³-hybridized carbons (Fsp3) is 0.713. The van der Waals surface area contributed by atoms with Gasteiger partial charge in [0.2, 0.25) is 47.3 Å². The van der Waals surface area contributed by atoms with Gasteiger partial charge in [-0.1, -0.05) is 43.0 Å². The van der Waals surface area contributed by atoms with Crippen LogP contribution in [0.15, 0.2) is 29.4 Å². The number of carboxylic acids is 9. The van der Waals surface area contributed by atoms with Crippen LogP contribution in [0.1, 0.15) is 270 Å². The summed E-state index contributed by atoms with van der Waals surface area (Å²) in [4.78, 5) is 235. The molecule has 40 nitrogen and oxygen atoms in total. The minimum Gasteiger partial charge on any atom is -0.481 e. The molecule has 122 heavy (non-hydrogen) atoms. The average molecular weight is 1770 g/mol. The van der Waals surface area contributed by atoms with Crippen molar-refractivity contribution < 1.29 is 132 Å². The molecule has 0 aliphatic heterocycles. The molecule has 1 heterocycles. The predicted octanol–water partition coefficient (Wildman–Crippen LogP) is 4.22. The molecular formula is C80H131N13O27S2. The molecule has 1 aromatic heterocycles. The lowest BCUT2D eigenvalue weighted by Crippen LogP contribution is -2.54. The number of carbonyl (C=O) groups is 18. The van der Waals surface area contributed by atoms with E-state index in [2.05, 4.69) is 47.5 Å². The van der Waals surface area contributed by atoms with Gasteiger partial charge in [0, 0.05) is 151 Å². The predicted molar refractivity (Wildman–Crippen MR) is 447 cm³/mol. The Bertz CT molecular complexity index is 3280. The second-order valence-electron chi connectivity index (χ2n) is 31.4. The van der Waals surface area contributed by atoms with Gasteiger partial charge >= 0.3 is 53.7 Å². The number of nitrogens with one attached hydrogen (secondary N) is 8. The number of hydrogen-bond donors (Lipinski definition) is 21. The Balaban J connectivity index is 3.95. The molecule has 0 aliphatic rings. The van der Waals surface area contributed by atoms with E-state index in [4.69, 9.17) is 22.9 Å². The van der Waals surface area contributed by atoms with E-state index in [9.17, 15) is 132 Å². The van der Waals surface area contributed by atoms with Gasteiger partial charge in [-0.25, -0.2) is 4.98 Å². The van der Waals surface area contributed by atoms with Crippen molar-refractivity contribution in [3.63, 3.8) is 0 Å². The van der Waals surface area contributed by atoms with Gasteiger partial charge in [0.25, 0.3) is 0 Å². The smallest absolute Gasteiger partial charge is 0.320 e. The van der Waals surface area contributed by atoms with Crippen molar-refractivity contribution in [2.75, 3.05) is 38.5 Å². The monoisotopic (exact) mass is 1770 g/mol. The van der Waals surface area contributed by atoms with Gasteiger partial charge in [-0.15, -0.1) is 0 Å². The lowest BCUT2D eigenvalue weighted by molar-refractivity contribution is -0.142. The molecule has 0 saturated heterocycles. The minimum absolute atomic E-state index is 0.00336. The molecule has 0 saturated carbocycles. The lowest BCUT2D eigenvalue weighted by Gasteiger charge is -2.36. The number of aliphatic carboxylic acids is 9. The molecule has 25 N–H and O–H groups in total. The Morgan fingerprint density at radius 3 is 1.07 bits per heavy atom. The highest BCUT2D eigenvalue weighted by molar-refractivity contribution is 8.76. The zero-order chi connectivity index (χ0) is 91.7. The normalized spacial score (nSPS) is 13.6. The van der Waals surface area contributed by atoms with E-state index in [1.165, 1.54) is 21.6 Å². The number of Topliss-reactive ketones (excluding diaryl/α,β-unsaturated/α-hetero) is 1. The van der Waals surface area contributed by atoms with E-state index in [0.29, 0.717) is 56.4 Å². The van der Waals surface area contributed by atoms with E-state index in [1.807, 2.05) is 0 Å². The van der Waals surface area contributed by atoms with Gasteiger partial charge in [-0.3, -0.25) is 86.3 Å². The van der Waals surface area contributed by atoms with Crippen LogP contribution in [0.5, 0.6) is 0 Å². The van der Waals surface area contributed by atoms with Crippen LogP contribution in [0.2, 0.25) is 0 Å². The standard InChI is InChI=1S/C80H131N13O27S2/c1-53(74(115)116)15-5-10-45-85-59(95)23-34-77(51-64(100)88-48-13-8-20-58(84)76(119)120,35-24-60(96)86-47-12-7-19-57(83)75(117)118)52-90-62(98)26-38-78(91-63(99)33-50-121-122-65-21-9-14-49-89-65,36-22-54(94)16-3-2-4-17-55(81)72(113)92-79(39-27-66(101)102,40-28-67(103)104)41-29-68(105)106)37-25-61(97)87-46-11-6-18-56(82)73(114)93-80(42-30-69(107)108,43-31-70(109)110)44-32-71(111)112/h9,14,21,49,53,55-58H,2-8,10-13,15-20,22-48,50-52,81-84H2,1H3,(H,85,95)(H,86,96)(H,87,97)(H,88,100)(H,90,98)(H,91,99)(H,92,113)(H,93,114)(H,101,102)(H,103,104)(H,105,106)(H,107,108)(H,109,110)(H,111,112)(H,115,116)(H,117,118)(H,119,120). The molecule has 0 aromatic carbocycles. The number of pyridine rings is 1. The molecule has 690 valence electrons. The van der Waals surface area contributed by atoms with Crippen molar-refractivity contribution in [1.29, 1.82) is 0 Å². The summed E-state index contributed by atoms with van der Waals surface area (Å²) in [5.74, 6) is -16.7. The maximum Gasteiger partial charge on any atom is 0.320 e. The number of carbonyl (C=O) groups excluding carboxylic acids is 9. The van der Waals surface area contributed by atoms with Crippen molar-refractivity contribution in [3.05, 3.63) is 24.4 Å². The van der Waals surface area contributed by atoms with Gasteiger partial charge in [0.05, 0.1) is 18.0 Å². The Labute approximate surface area is 717 Å². The number of nitrogens with two attached hydrogens (primary N) is 4. The SMILES string of the molecule is CC(CCCCNC(=O)CCC(CCC(=O)NCCCCC(N)C(=O)O)(CNC(=O)CCC(CCC(=O)CCCCCC(N)C(=O)NC(CCC(=O)O)(CCC(=O)O)CCC(=O)O)(CCC(=O)NCCCCC(N)C(=O)NC(CCC(=O)O)(CCC(=O)O)CCC(=O)O)NC(=O)CCSSc1ccccn1)CC(=O)NCCCCC(N)C(=O)O)C(=O)O. The summed E-state index contributed by atoms with van der Waals surface area (Å²) in [6, 6.07) is 0.515. The fourth-order valence-electron chi connectivity index (χ4n) is 13.5. The van der Waals surface area contributed by atoms with Crippen LogP contribution in [0, 0.1) is 11.3 Å². The number of carboxylic acid groups (broad SMARTS) is 9. The first-order valence-corrected chi connectivity index (χ1v) is 43.9. The van der Waals surface area contributed by atoms with E-state index >= 15 is 0 Å². The van der Waals surface area contributed by atoms with Crippen LogP contribution in [0.4, 0.5) is 0 Å². The largest absolute Gasteiger partial charge is 0.481 e. The molecule has 7 atom stereocenters. The lowest BCUT2D eigenvalue weighted by atomic mass is 9.75. The molecule has 8 amide bonds. The van der Waals surface area contributed by atoms with Gasteiger partial charge in [0.1, 0.15) is 22.9 Å². The van der Waals surface area contributed by atoms with Gasteiger partial charge < -0.3 is 111 Å². The first-order valence-electron chi connectivity index (χ1n) is 41.6. The fourth-order valence-corrected chi connectivity index (χ4v) is 15.3. The minimum atomic E-state index is -1.55. The topological polar surface area (TPSA) is 703 Å². The van der Waals surface area contributed by atoms with Crippen LogP contribution in [0.3, 0.4) is 0 Å². The summed E-state index contributed by atoms with van der Waals surface area (Å²) < 4.78 is 0. The number of ketones is 1. The third-order valence-electron chi connectivity index (χ3n) is 21.2. The average Bonchev–Trinajstić information content (AvgIpc) is 0.850. The highest BCUT2D eigenvalue weighted by Crippen LogP contribution is 2.36. The van der Waals surface area contributed by atoms with E-state index < -0.39 is 198 Å². The van der Waals surface area contributed by atoms with Crippen LogP contribution in [0.25, 0.3) is 0 Å². The molecule has 0 spiro atoms. The van der Waals surface area contributed by atoms with Crippen LogP contribution in [-0.4, -0.2) is 237 Å². The Morgan fingerprint density at radius 1 is 0.352 bits per heavy atom. The van der Waals surface area contributed by atoms with Crippen LogP contribution < -0.4 is 65.5 Å². The number of nitrogens with zero attached hydrogens (tertiary/aromatic N) is 1. The zero-order valence-corrected chi connectivity index (χ0v) is 71.5. The molecule has 0 bridgehead atoms. The third kappa shape index (κ3) is 53.3. The maximum absolute atomic E-state index is 14.8. The van der Waals surface area contributed by atoms with Gasteiger partial charge in [-0.2, -0.15) is 0 Å². The first-order chi connectivity index (χ1) is 57.5. The molecule has 7 unspecified atom stereocenters. The van der Waals surface area contributed by atoms with Crippen molar-refractivity contribution in [1.82, 2.24) is 47.5 Å². The molecule has 42 heteroatoms. The van der Waals surface area contributed by atoms with E-state index in [0.717, 1.165) is 0 Å². The Hall–Kier alpha value is -9.65.